The fourth-order valence-electron chi connectivity index (χ4n) is 2.42. The molecular formula is C15H21F3N2. The summed E-state index contributed by atoms with van der Waals surface area (Å²) in [6.07, 6.45) is -1.60. The largest absolute Gasteiger partial charge is 0.418 e. The van der Waals surface area contributed by atoms with E-state index in [0.29, 0.717) is 36.7 Å². The van der Waals surface area contributed by atoms with E-state index in [1.807, 2.05) is 11.8 Å². The highest BCUT2D eigenvalue weighted by molar-refractivity contribution is 5.56. The van der Waals surface area contributed by atoms with Crippen LogP contribution in [0, 0.1) is 5.92 Å². The van der Waals surface area contributed by atoms with Gasteiger partial charge >= 0.3 is 6.18 Å². The lowest BCUT2D eigenvalue weighted by molar-refractivity contribution is -0.137. The molecule has 0 spiro atoms. The predicted octanol–water partition coefficient (Wildman–Crippen LogP) is 3.44. The average molecular weight is 286 g/mol. The number of nitrogens with two attached hydrogens (primary N) is 1. The molecule has 0 aliphatic heterocycles. The molecule has 20 heavy (non-hydrogen) atoms. The first-order chi connectivity index (χ1) is 9.45. The Morgan fingerprint density at radius 1 is 1.30 bits per heavy atom. The lowest BCUT2D eigenvalue weighted by Crippen LogP contribution is -2.28. The Hall–Kier alpha value is -1.23. The molecule has 1 fully saturated rings. The van der Waals surface area contributed by atoms with E-state index in [2.05, 4.69) is 0 Å². The van der Waals surface area contributed by atoms with E-state index in [9.17, 15) is 13.2 Å². The molecule has 0 bridgehead atoms. The average Bonchev–Trinajstić information content (AvgIpc) is 3.19. The first-order valence-electron chi connectivity index (χ1n) is 7.10. The molecule has 2 nitrogen and oxygen atoms in total. The van der Waals surface area contributed by atoms with Gasteiger partial charge in [0.05, 0.1) is 5.56 Å². The molecule has 0 unspecified atom stereocenters. The van der Waals surface area contributed by atoms with Gasteiger partial charge in [-0.3, -0.25) is 0 Å². The molecule has 0 aromatic heterocycles. The third-order valence-electron chi connectivity index (χ3n) is 3.70. The van der Waals surface area contributed by atoms with Crippen molar-refractivity contribution in [2.24, 2.45) is 11.7 Å². The smallest absolute Gasteiger partial charge is 0.371 e. The van der Waals surface area contributed by atoms with Crippen LogP contribution >= 0.6 is 0 Å². The van der Waals surface area contributed by atoms with Crippen LogP contribution in [0.15, 0.2) is 18.2 Å². The van der Waals surface area contributed by atoms with Crippen LogP contribution in [0.4, 0.5) is 18.9 Å². The Morgan fingerprint density at radius 2 is 2.00 bits per heavy atom. The summed E-state index contributed by atoms with van der Waals surface area (Å²) in [6.45, 7) is 3.57. The Balaban J connectivity index is 2.33. The molecule has 1 aromatic carbocycles. The molecule has 0 radical (unpaired) electrons. The van der Waals surface area contributed by atoms with Crippen LogP contribution in [0.2, 0.25) is 0 Å². The number of benzene rings is 1. The van der Waals surface area contributed by atoms with Crippen molar-refractivity contribution in [3.63, 3.8) is 0 Å². The summed E-state index contributed by atoms with van der Waals surface area (Å²) >= 11 is 0. The molecule has 1 aliphatic carbocycles. The van der Waals surface area contributed by atoms with Gasteiger partial charge in [-0.2, -0.15) is 13.2 Å². The minimum atomic E-state index is -4.32. The second kappa shape index (κ2) is 6.04. The summed E-state index contributed by atoms with van der Waals surface area (Å²) in [7, 11) is 0. The van der Waals surface area contributed by atoms with Gasteiger partial charge in [0.15, 0.2) is 0 Å². The van der Waals surface area contributed by atoms with Crippen molar-refractivity contribution < 1.29 is 13.2 Å². The summed E-state index contributed by atoms with van der Waals surface area (Å²) in [4.78, 5) is 1.84. The quantitative estimate of drug-likeness (QED) is 0.868. The Labute approximate surface area is 117 Å². The van der Waals surface area contributed by atoms with Crippen LogP contribution < -0.4 is 10.6 Å². The maximum atomic E-state index is 13.3. The zero-order valence-electron chi connectivity index (χ0n) is 11.7. The van der Waals surface area contributed by atoms with Crippen molar-refractivity contribution >= 4 is 5.69 Å². The van der Waals surface area contributed by atoms with Crippen LogP contribution in [-0.4, -0.2) is 19.6 Å². The fraction of sp³-hybridized carbons (Fsp3) is 0.600. The van der Waals surface area contributed by atoms with Crippen molar-refractivity contribution in [1.82, 2.24) is 0 Å². The number of rotatable bonds is 6. The van der Waals surface area contributed by atoms with E-state index in [1.54, 1.807) is 12.1 Å². The SMILES string of the molecule is CCN(CC1CC1)c1ccc(CCN)cc1C(F)(F)F. The van der Waals surface area contributed by atoms with Gasteiger partial charge in [-0.25, -0.2) is 0 Å². The second-order valence-corrected chi connectivity index (χ2v) is 5.37. The molecule has 0 saturated heterocycles. The van der Waals surface area contributed by atoms with Crippen LogP contribution in [-0.2, 0) is 12.6 Å². The highest BCUT2D eigenvalue weighted by atomic mass is 19.4. The van der Waals surface area contributed by atoms with Crippen LogP contribution in [0.5, 0.6) is 0 Å². The van der Waals surface area contributed by atoms with Gasteiger partial charge in [0.25, 0.3) is 0 Å². The molecule has 2 rings (SSSR count). The monoisotopic (exact) mass is 286 g/mol. The lowest BCUT2D eigenvalue weighted by Gasteiger charge is -2.27. The molecule has 1 aromatic rings. The van der Waals surface area contributed by atoms with Crippen molar-refractivity contribution in [2.45, 2.75) is 32.4 Å². The van der Waals surface area contributed by atoms with Gasteiger partial charge in [-0.1, -0.05) is 6.07 Å². The molecule has 0 heterocycles. The van der Waals surface area contributed by atoms with E-state index >= 15 is 0 Å². The summed E-state index contributed by atoms with van der Waals surface area (Å²) < 4.78 is 39.8. The number of hydrogen-bond donors (Lipinski definition) is 1. The number of halogens is 3. The van der Waals surface area contributed by atoms with E-state index < -0.39 is 11.7 Å². The zero-order valence-corrected chi connectivity index (χ0v) is 11.7. The van der Waals surface area contributed by atoms with Crippen LogP contribution in [0.3, 0.4) is 0 Å². The van der Waals surface area contributed by atoms with Crippen LogP contribution in [0.25, 0.3) is 0 Å². The number of alkyl halides is 3. The van der Waals surface area contributed by atoms with Crippen LogP contribution in [0.1, 0.15) is 30.9 Å². The van der Waals surface area contributed by atoms with E-state index in [0.717, 1.165) is 19.4 Å². The Morgan fingerprint density at radius 3 is 2.50 bits per heavy atom. The van der Waals surface area contributed by atoms with Gasteiger partial charge in [0, 0.05) is 18.8 Å². The number of nitrogens with zero attached hydrogens (tertiary/aromatic N) is 1. The number of hydrogen-bond acceptors (Lipinski definition) is 2. The second-order valence-electron chi connectivity index (χ2n) is 5.37. The molecular weight excluding hydrogens is 265 g/mol. The Kier molecular flexibility index (Phi) is 4.58. The van der Waals surface area contributed by atoms with Crippen molar-refractivity contribution in [2.75, 3.05) is 24.5 Å². The van der Waals surface area contributed by atoms with Gasteiger partial charge in [-0.15, -0.1) is 0 Å². The number of anilines is 1. The van der Waals surface area contributed by atoms with Crippen molar-refractivity contribution in [1.29, 1.82) is 0 Å². The van der Waals surface area contributed by atoms with Gasteiger partial charge < -0.3 is 10.6 Å². The third-order valence-corrected chi connectivity index (χ3v) is 3.70. The standard InChI is InChI=1S/C15H21F3N2/c1-2-20(10-12-3-4-12)14-6-5-11(7-8-19)9-13(14)15(16,17)18/h5-6,9,12H,2-4,7-8,10,19H2,1H3. The molecule has 112 valence electrons. The van der Waals surface area contributed by atoms with E-state index in [-0.39, 0.29) is 0 Å². The predicted molar refractivity (Wildman–Crippen MR) is 74.8 cm³/mol. The molecule has 1 saturated carbocycles. The zero-order chi connectivity index (χ0) is 14.8. The lowest BCUT2D eigenvalue weighted by atomic mass is 10.0. The molecule has 1 aliphatic rings. The third kappa shape index (κ3) is 3.66. The topological polar surface area (TPSA) is 29.3 Å². The summed E-state index contributed by atoms with van der Waals surface area (Å²) in [5, 5.41) is 0. The first-order valence-corrected chi connectivity index (χ1v) is 7.10. The molecule has 0 atom stereocenters. The van der Waals surface area contributed by atoms with Crippen molar-refractivity contribution in [3.05, 3.63) is 29.3 Å². The summed E-state index contributed by atoms with van der Waals surface area (Å²) in [6, 6.07) is 4.60. The van der Waals surface area contributed by atoms with Gasteiger partial charge in [0.2, 0.25) is 0 Å². The van der Waals surface area contributed by atoms with Gasteiger partial charge in [-0.05, 0) is 56.3 Å². The fourth-order valence-corrected chi connectivity index (χ4v) is 2.42. The summed E-state index contributed by atoms with van der Waals surface area (Å²) in [5.74, 6) is 0.555. The minimum Gasteiger partial charge on any atom is -0.371 e. The van der Waals surface area contributed by atoms with E-state index in [4.69, 9.17) is 5.73 Å². The van der Waals surface area contributed by atoms with E-state index in [1.165, 1.54) is 6.07 Å². The first kappa shape index (κ1) is 15.2. The maximum Gasteiger partial charge on any atom is 0.418 e. The van der Waals surface area contributed by atoms with Crippen molar-refractivity contribution in [3.8, 4) is 0 Å². The molecule has 2 N–H and O–H groups in total. The molecule has 5 heteroatoms. The highest BCUT2D eigenvalue weighted by Gasteiger charge is 2.36. The summed E-state index contributed by atoms with van der Waals surface area (Å²) in [5.41, 5.74) is 5.83. The maximum absolute atomic E-state index is 13.3. The molecule has 0 amide bonds. The van der Waals surface area contributed by atoms with Gasteiger partial charge in [0.1, 0.15) is 0 Å². The minimum absolute atomic E-state index is 0.299. The highest BCUT2D eigenvalue weighted by Crippen LogP contribution is 2.39. The normalized spacial score (nSPS) is 15.4. The Bertz CT molecular complexity index is 453.